The minimum absolute atomic E-state index is 0.0478. The molecule has 2 aromatic rings. The number of benzene rings is 1. The highest BCUT2D eigenvalue weighted by atomic mass is 19.4. The molecule has 0 radical (unpaired) electrons. The van der Waals surface area contributed by atoms with Crippen LogP contribution in [0.4, 0.5) is 26.7 Å². The fourth-order valence-electron chi connectivity index (χ4n) is 3.44. The Morgan fingerprint density at radius 2 is 1.80 bits per heavy atom. The van der Waals surface area contributed by atoms with Crippen molar-refractivity contribution >= 4 is 12.0 Å². The summed E-state index contributed by atoms with van der Waals surface area (Å²) >= 11 is 0. The Morgan fingerprint density at radius 1 is 1.14 bits per heavy atom. The molecule has 1 aromatic carbocycles. The van der Waals surface area contributed by atoms with E-state index in [2.05, 4.69) is 15.0 Å². The molecule has 1 saturated heterocycles. The van der Waals surface area contributed by atoms with Crippen molar-refractivity contribution < 1.29 is 41.0 Å². The maximum absolute atomic E-state index is 14.0. The monoisotopic (exact) mass is 501 g/mol. The molecule has 0 spiro atoms. The number of amides is 2. The molecule has 190 valence electrons. The summed E-state index contributed by atoms with van der Waals surface area (Å²) in [4.78, 5) is 29.9. The van der Waals surface area contributed by atoms with Gasteiger partial charge in [-0.2, -0.15) is 0 Å². The minimum Gasteiger partial charge on any atom is -0.444 e. The van der Waals surface area contributed by atoms with E-state index in [9.17, 15) is 31.5 Å². The number of nitrogens with one attached hydrogen (secondary N) is 1. The van der Waals surface area contributed by atoms with Crippen LogP contribution in [0.5, 0.6) is 5.75 Å². The first kappa shape index (κ1) is 26.2. The molecular formula is C23H24F5N3O4. The Kier molecular flexibility index (Phi) is 7.23. The number of pyridine rings is 1. The first-order valence-corrected chi connectivity index (χ1v) is 10.6. The highest BCUT2D eigenvalue weighted by Gasteiger charge is 2.51. The largest absolute Gasteiger partial charge is 0.573 e. The smallest absolute Gasteiger partial charge is 0.444 e. The molecule has 12 heteroatoms. The van der Waals surface area contributed by atoms with E-state index >= 15 is 0 Å². The Balaban J connectivity index is 1.66. The van der Waals surface area contributed by atoms with Gasteiger partial charge < -0.3 is 14.8 Å². The molecule has 7 nitrogen and oxygen atoms in total. The zero-order chi connectivity index (χ0) is 26.0. The van der Waals surface area contributed by atoms with Crippen LogP contribution in [0, 0.1) is 0 Å². The van der Waals surface area contributed by atoms with Crippen molar-refractivity contribution in [3.63, 3.8) is 0 Å². The average molecular weight is 501 g/mol. The second kappa shape index (κ2) is 9.67. The normalized spacial score (nSPS) is 17.7. The second-order valence-corrected chi connectivity index (χ2v) is 9.02. The van der Waals surface area contributed by atoms with Gasteiger partial charge in [0.25, 0.3) is 5.92 Å². The number of nitrogens with zero attached hydrogens (tertiary/aromatic N) is 2. The van der Waals surface area contributed by atoms with E-state index in [1.807, 2.05) is 0 Å². The van der Waals surface area contributed by atoms with Crippen LogP contribution in [0.2, 0.25) is 0 Å². The van der Waals surface area contributed by atoms with Gasteiger partial charge in [0, 0.05) is 24.7 Å². The van der Waals surface area contributed by atoms with Gasteiger partial charge in [0.15, 0.2) is 0 Å². The Hall–Kier alpha value is -3.44. The molecule has 2 amide bonds. The summed E-state index contributed by atoms with van der Waals surface area (Å²) < 4.78 is 74.0. The van der Waals surface area contributed by atoms with Crippen LogP contribution in [-0.4, -0.2) is 52.4 Å². The van der Waals surface area contributed by atoms with Gasteiger partial charge in [0.1, 0.15) is 17.4 Å². The van der Waals surface area contributed by atoms with Gasteiger partial charge in [-0.15, -0.1) is 13.2 Å². The number of hydrogen-bond donors (Lipinski definition) is 1. The van der Waals surface area contributed by atoms with Crippen LogP contribution in [-0.2, 0) is 16.1 Å². The molecule has 1 aliphatic heterocycles. The number of hydrogen-bond acceptors (Lipinski definition) is 5. The maximum Gasteiger partial charge on any atom is 0.573 e. The van der Waals surface area contributed by atoms with Crippen LogP contribution >= 0.6 is 0 Å². The lowest BCUT2D eigenvalue weighted by Crippen LogP contribution is -2.47. The van der Waals surface area contributed by atoms with Crippen LogP contribution in [0.1, 0.15) is 32.8 Å². The fourth-order valence-corrected chi connectivity index (χ4v) is 3.44. The summed E-state index contributed by atoms with van der Waals surface area (Å²) in [6.07, 6.45) is -5.20. The predicted molar refractivity (Wildman–Crippen MR) is 114 cm³/mol. The van der Waals surface area contributed by atoms with Crippen LogP contribution < -0.4 is 10.1 Å². The lowest BCUT2D eigenvalue weighted by Gasteiger charge is -2.27. The topological polar surface area (TPSA) is 80.8 Å². The average Bonchev–Trinajstić information content (AvgIpc) is 3.06. The minimum atomic E-state index is -4.81. The molecule has 1 N–H and O–H groups in total. The van der Waals surface area contributed by atoms with Gasteiger partial charge in [-0.05, 0) is 62.7 Å². The number of alkyl halides is 5. The number of rotatable bonds is 5. The summed E-state index contributed by atoms with van der Waals surface area (Å²) in [7, 11) is 0. The SMILES string of the molecule is CC(C)(C)OC(=O)N1CC(F)(F)CC1C(=O)NCc1ccnc(-c2ccc(OC(F)(F)F)cc2)c1. The first-order valence-electron chi connectivity index (χ1n) is 10.6. The molecule has 35 heavy (non-hydrogen) atoms. The van der Waals surface area contributed by atoms with E-state index in [0.717, 1.165) is 17.0 Å². The number of ether oxygens (including phenoxy) is 2. The summed E-state index contributed by atoms with van der Waals surface area (Å²) in [5.41, 5.74) is 0.561. The van der Waals surface area contributed by atoms with Crippen molar-refractivity contribution in [3.8, 4) is 17.0 Å². The molecule has 1 aromatic heterocycles. The lowest BCUT2D eigenvalue weighted by atomic mass is 10.1. The molecule has 1 atom stereocenters. The van der Waals surface area contributed by atoms with Gasteiger partial charge in [0.2, 0.25) is 5.91 Å². The Labute approximate surface area is 198 Å². The standard InChI is InChI=1S/C23H24F5N3O4/c1-21(2,3)35-20(33)31-13-22(24,25)11-18(31)19(32)30-12-14-8-9-29-17(10-14)15-4-6-16(7-5-15)34-23(26,27)28/h4-10,18H,11-13H2,1-3H3,(H,30,32). The maximum atomic E-state index is 14.0. The molecule has 1 aliphatic rings. The van der Waals surface area contributed by atoms with Crippen molar-refractivity contribution in [2.45, 2.75) is 57.7 Å². The van der Waals surface area contributed by atoms with Crippen LogP contribution in [0.25, 0.3) is 11.3 Å². The van der Waals surface area contributed by atoms with Crippen LogP contribution in [0.15, 0.2) is 42.6 Å². The zero-order valence-corrected chi connectivity index (χ0v) is 19.2. The second-order valence-electron chi connectivity index (χ2n) is 9.02. The number of aromatic nitrogens is 1. The van der Waals surface area contributed by atoms with Gasteiger partial charge in [-0.25, -0.2) is 13.6 Å². The third-order valence-electron chi connectivity index (χ3n) is 4.88. The van der Waals surface area contributed by atoms with E-state index in [-0.39, 0.29) is 12.3 Å². The van der Waals surface area contributed by atoms with E-state index in [0.29, 0.717) is 16.8 Å². The fraction of sp³-hybridized carbons (Fsp3) is 0.435. The van der Waals surface area contributed by atoms with Gasteiger partial charge in [-0.3, -0.25) is 14.7 Å². The number of carbonyl (C=O) groups is 2. The number of carbonyl (C=O) groups excluding carboxylic acids is 2. The third-order valence-corrected chi connectivity index (χ3v) is 4.88. The zero-order valence-electron chi connectivity index (χ0n) is 19.2. The van der Waals surface area contributed by atoms with E-state index in [1.54, 1.807) is 32.9 Å². The first-order chi connectivity index (χ1) is 16.1. The molecule has 0 bridgehead atoms. The highest BCUT2D eigenvalue weighted by molar-refractivity contribution is 5.86. The highest BCUT2D eigenvalue weighted by Crippen LogP contribution is 2.33. The molecule has 0 aliphatic carbocycles. The third kappa shape index (κ3) is 7.52. The van der Waals surface area contributed by atoms with Crippen molar-refractivity contribution in [1.29, 1.82) is 0 Å². The Bertz CT molecular complexity index is 1070. The van der Waals surface area contributed by atoms with Gasteiger partial charge in [0.05, 0.1) is 12.2 Å². The number of likely N-dealkylation sites (tertiary alicyclic amines) is 1. The summed E-state index contributed by atoms with van der Waals surface area (Å²) in [5.74, 6) is -4.38. The summed E-state index contributed by atoms with van der Waals surface area (Å²) in [5, 5.41) is 2.55. The van der Waals surface area contributed by atoms with E-state index in [1.165, 1.54) is 18.3 Å². The molecule has 2 heterocycles. The molecule has 0 saturated carbocycles. The van der Waals surface area contributed by atoms with Gasteiger partial charge in [-0.1, -0.05) is 0 Å². The predicted octanol–water partition coefficient (Wildman–Crippen LogP) is 4.91. The van der Waals surface area contributed by atoms with Gasteiger partial charge >= 0.3 is 12.5 Å². The molecular weight excluding hydrogens is 477 g/mol. The molecule has 3 rings (SSSR count). The summed E-state index contributed by atoms with van der Waals surface area (Å²) in [6.45, 7) is 3.80. The van der Waals surface area contributed by atoms with Crippen LogP contribution in [0.3, 0.4) is 0 Å². The molecule has 1 fully saturated rings. The lowest BCUT2D eigenvalue weighted by molar-refractivity contribution is -0.274. The Morgan fingerprint density at radius 3 is 2.40 bits per heavy atom. The van der Waals surface area contributed by atoms with Crippen molar-refractivity contribution in [2.75, 3.05) is 6.54 Å². The summed E-state index contributed by atoms with van der Waals surface area (Å²) in [6, 6.07) is 6.85. The van der Waals surface area contributed by atoms with Crippen molar-refractivity contribution in [3.05, 3.63) is 48.2 Å². The quantitative estimate of drug-likeness (QED) is 0.589. The molecule has 1 unspecified atom stereocenters. The van der Waals surface area contributed by atoms with Crippen molar-refractivity contribution in [2.24, 2.45) is 0 Å². The van der Waals surface area contributed by atoms with E-state index < -0.39 is 48.9 Å². The number of halogens is 5. The van der Waals surface area contributed by atoms with Crippen molar-refractivity contribution in [1.82, 2.24) is 15.2 Å². The van der Waals surface area contributed by atoms with E-state index in [4.69, 9.17) is 4.74 Å².